The van der Waals surface area contributed by atoms with Gasteiger partial charge >= 0.3 is 0 Å². The molecule has 0 aliphatic carbocycles. The topological polar surface area (TPSA) is 35.6 Å². The third-order valence-electron chi connectivity index (χ3n) is 2.10. The third kappa shape index (κ3) is 1.84. The highest BCUT2D eigenvalue weighted by Crippen LogP contribution is 2.05. The van der Waals surface area contributed by atoms with Crippen molar-refractivity contribution in [1.82, 2.24) is 19.3 Å². The summed E-state index contributed by atoms with van der Waals surface area (Å²) >= 11 is 0. The van der Waals surface area contributed by atoms with Gasteiger partial charge in [-0.2, -0.15) is 5.10 Å². The van der Waals surface area contributed by atoms with E-state index in [1.165, 1.54) is 0 Å². The second kappa shape index (κ2) is 3.65. The fourth-order valence-corrected chi connectivity index (χ4v) is 1.32. The van der Waals surface area contributed by atoms with Gasteiger partial charge in [0.15, 0.2) is 0 Å². The summed E-state index contributed by atoms with van der Waals surface area (Å²) in [7, 11) is 0. The minimum absolute atomic E-state index is 0.423. The molecule has 0 bridgehead atoms. The Hall–Kier alpha value is -1.58. The quantitative estimate of drug-likeness (QED) is 0.738. The molecule has 4 nitrogen and oxygen atoms in total. The average molecular weight is 190 g/mol. The summed E-state index contributed by atoms with van der Waals surface area (Å²) in [4.78, 5) is 3.99. The van der Waals surface area contributed by atoms with Crippen molar-refractivity contribution in [3.63, 3.8) is 0 Å². The van der Waals surface area contributed by atoms with E-state index in [2.05, 4.69) is 23.9 Å². The van der Waals surface area contributed by atoms with Crippen LogP contribution in [-0.2, 0) is 6.54 Å². The second-order valence-corrected chi connectivity index (χ2v) is 3.62. The SMILES string of the molecule is CC(C)n1ccc(Cn2ccnc2)n1. The first-order valence-corrected chi connectivity index (χ1v) is 4.75. The molecule has 4 heteroatoms. The van der Waals surface area contributed by atoms with E-state index in [1.54, 1.807) is 12.5 Å². The summed E-state index contributed by atoms with van der Waals surface area (Å²) in [5, 5.41) is 4.45. The van der Waals surface area contributed by atoms with Gasteiger partial charge in [0.05, 0.1) is 18.6 Å². The van der Waals surface area contributed by atoms with Crippen LogP contribution in [0.5, 0.6) is 0 Å². The van der Waals surface area contributed by atoms with Gasteiger partial charge in [-0.25, -0.2) is 4.98 Å². The number of nitrogens with zero attached hydrogens (tertiary/aromatic N) is 4. The van der Waals surface area contributed by atoms with Gasteiger partial charge in [0.2, 0.25) is 0 Å². The molecule has 0 amide bonds. The normalized spacial score (nSPS) is 11.1. The van der Waals surface area contributed by atoms with Gasteiger partial charge in [0.1, 0.15) is 0 Å². The van der Waals surface area contributed by atoms with E-state index in [0.717, 1.165) is 12.2 Å². The van der Waals surface area contributed by atoms with Crippen LogP contribution in [0.2, 0.25) is 0 Å². The second-order valence-electron chi connectivity index (χ2n) is 3.62. The van der Waals surface area contributed by atoms with Gasteiger partial charge in [-0.15, -0.1) is 0 Å². The summed E-state index contributed by atoms with van der Waals surface area (Å²) < 4.78 is 3.97. The van der Waals surface area contributed by atoms with Crippen molar-refractivity contribution in [2.75, 3.05) is 0 Å². The molecule has 0 atom stereocenters. The number of rotatable bonds is 3. The van der Waals surface area contributed by atoms with Crippen LogP contribution in [0.25, 0.3) is 0 Å². The molecule has 2 rings (SSSR count). The van der Waals surface area contributed by atoms with Gasteiger partial charge in [0.25, 0.3) is 0 Å². The van der Waals surface area contributed by atoms with Crippen molar-refractivity contribution in [2.24, 2.45) is 0 Å². The van der Waals surface area contributed by atoms with E-state index in [-0.39, 0.29) is 0 Å². The molecule has 0 saturated heterocycles. The maximum atomic E-state index is 4.45. The van der Waals surface area contributed by atoms with Crippen molar-refractivity contribution in [3.05, 3.63) is 36.7 Å². The molecule has 0 spiro atoms. The number of imidazole rings is 1. The molecular formula is C10H14N4. The highest BCUT2D eigenvalue weighted by molar-refractivity contribution is 5.00. The molecule has 0 aromatic carbocycles. The Balaban J connectivity index is 2.11. The lowest BCUT2D eigenvalue weighted by atomic mass is 10.4. The first kappa shape index (κ1) is 8.99. The fourth-order valence-electron chi connectivity index (χ4n) is 1.32. The van der Waals surface area contributed by atoms with Crippen LogP contribution >= 0.6 is 0 Å². The Morgan fingerprint density at radius 1 is 1.36 bits per heavy atom. The summed E-state index contributed by atoms with van der Waals surface area (Å²) in [6.45, 7) is 5.03. The van der Waals surface area contributed by atoms with Crippen LogP contribution in [0.1, 0.15) is 25.6 Å². The lowest BCUT2D eigenvalue weighted by Crippen LogP contribution is -2.03. The summed E-state index contributed by atoms with van der Waals surface area (Å²) in [5.41, 5.74) is 1.07. The first-order valence-electron chi connectivity index (χ1n) is 4.75. The lowest BCUT2D eigenvalue weighted by Gasteiger charge is -2.03. The molecule has 0 unspecified atom stereocenters. The van der Waals surface area contributed by atoms with Gasteiger partial charge in [-0.05, 0) is 19.9 Å². The molecule has 2 heterocycles. The highest BCUT2D eigenvalue weighted by Gasteiger charge is 2.01. The minimum atomic E-state index is 0.423. The predicted octanol–water partition coefficient (Wildman–Crippen LogP) is 1.71. The molecule has 2 aromatic heterocycles. The van der Waals surface area contributed by atoms with E-state index >= 15 is 0 Å². The maximum absolute atomic E-state index is 4.45. The lowest BCUT2D eigenvalue weighted by molar-refractivity contribution is 0.523. The van der Waals surface area contributed by atoms with Gasteiger partial charge in [-0.1, -0.05) is 0 Å². The van der Waals surface area contributed by atoms with Crippen LogP contribution in [0, 0.1) is 0 Å². The Labute approximate surface area is 83.2 Å². The molecule has 0 fully saturated rings. The molecule has 0 saturated carbocycles. The third-order valence-corrected chi connectivity index (χ3v) is 2.10. The summed E-state index contributed by atoms with van der Waals surface area (Å²) in [6.07, 6.45) is 7.53. The van der Waals surface area contributed by atoms with Gasteiger partial charge in [-0.3, -0.25) is 4.68 Å². The van der Waals surface area contributed by atoms with Crippen molar-refractivity contribution < 1.29 is 0 Å². The predicted molar refractivity (Wildman–Crippen MR) is 53.9 cm³/mol. The van der Waals surface area contributed by atoms with E-state index in [9.17, 15) is 0 Å². The highest BCUT2D eigenvalue weighted by atomic mass is 15.3. The van der Waals surface area contributed by atoms with Crippen LogP contribution in [-0.4, -0.2) is 19.3 Å². The Kier molecular flexibility index (Phi) is 2.35. The van der Waals surface area contributed by atoms with Crippen molar-refractivity contribution in [1.29, 1.82) is 0 Å². The first-order chi connectivity index (χ1) is 6.75. The molecular weight excluding hydrogens is 176 g/mol. The van der Waals surface area contributed by atoms with E-state index in [0.29, 0.717) is 6.04 Å². The Morgan fingerprint density at radius 2 is 2.21 bits per heavy atom. The smallest absolute Gasteiger partial charge is 0.0949 e. The number of aromatic nitrogens is 4. The van der Waals surface area contributed by atoms with E-state index in [1.807, 2.05) is 27.7 Å². The molecule has 0 aliphatic rings. The van der Waals surface area contributed by atoms with E-state index in [4.69, 9.17) is 0 Å². The monoisotopic (exact) mass is 190 g/mol. The molecule has 0 N–H and O–H groups in total. The summed E-state index contributed by atoms with van der Waals surface area (Å²) in [5.74, 6) is 0. The maximum Gasteiger partial charge on any atom is 0.0949 e. The van der Waals surface area contributed by atoms with Crippen molar-refractivity contribution >= 4 is 0 Å². The molecule has 0 radical (unpaired) electrons. The minimum Gasteiger partial charge on any atom is -0.331 e. The molecule has 14 heavy (non-hydrogen) atoms. The zero-order valence-electron chi connectivity index (χ0n) is 8.46. The molecule has 74 valence electrons. The van der Waals surface area contributed by atoms with Crippen LogP contribution in [0.4, 0.5) is 0 Å². The van der Waals surface area contributed by atoms with Crippen LogP contribution in [0.15, 0.2) is 31.0 Å². The van der Waals surface area contributed by atoms with Crippen LogP contribution < -0.4 is 0 Å². The van der Waals surface area contributed by atoms with Gasteiger partial charge in [0, 0.05) is 24.6 Å². The van der Waals surface area contributed by atoms with Crippen molar-refractivity contribution in [3.8, 4) is 0 Å². The standard InChI is InChI=1S/C10H14N4/c1-9(2)14-5-3-10(12-14)7-13-6-4-11-8-13/h3-6,8-9H,7H2,1-2H3. The number of hydrogen-bond acceptors (Lipinski definition) is 2. The molecule has 0 aliphatic heterocycles. The largest absolute Gasteiger partial charge is 0.331 e. The Morgan fingerprint density at radius 3 is 2.79 bits per heavy atom. The average Bonchev–Trinajstić information content (AvgIpc) is 2.75. The fraction of sp³-hybridized carbons (Fsp3) is 0.400. The zero-order valence-corrected chi connectivity index (χ0v) is 8.46. The molecule has 2 aromatic rings. The van der Waals surface area contributed by atoms with E-state index < -0.39 is 0 Å². The zero-order chi connectivity index (χ0) is 9.97. The summed E-state index contributed by atoms with van der Waals surface area (Å²) in [6, 6.07) is 2.46. The number of hydrogen-bond donors (Lipinski definition) is 0. The van der Waals surface area contributed by atoms with Gasteiger partial charge < -0.3 is 4.57 Å². The van der Waals surface area contributed by atoms with Crippen LogP contribution in [0.3, 0.4) is 0 Å². The van der Waals surface area contributed by atoms with Crippen molar-refractivity contribution in [2.45, 2.75) is 26.4 Å². The Bertz CT molecular complexity index is 386.